The minimum atomic E-state index is -0.697. The molecular formula is C14H15ClN4O2S. The van der Waals surface area contributed by atoms with Gasteiger partial charge in [0.1, 0.15) is 11.0 Å². The minimum absolute atomic E-state index is 0.342. The molecule has 0 spiro atoms. The van der Waals surface area contributed by atoms with Gasteiger partial charge in [0.05, 0.1) is 0 Å². The van der Waals surface area contributed by atoms with E-state index in [0.717, 1.165) is 11.4 Å². The Hall–Kier alpha value is -1.99. The number of halogens is 1. The number of aryl methyl sites for hydroxylation is 1. The van der Waals surface area contributed by atoms with E-state index in [-0.39, 0.29) is 11.8 Å². The first-order valence-electron chi connectivity index (χ1n) is 6.69. The Bertz CT molecular complexity index is 672. The van der Waals surface area contributed by atoms with Crippen molar-refractivity contribution in [2.24, 2.45) is 0 Å². The van der Waals surface area contributed by atoms with E-state index in [1.165, 1.54) is 11.3 Å². The zero-order valence-electron chi connectivity index (χ0n) is 12.1. The lowest BCUT2D eigenvalue weighted by Crippen LogP contribution is -2.41. The molecular weight excluding hydrogens is 324 g/mol. The summed E-state index contributed by atoms with van der Waals surface area (Å²) in [6, 6.07) is 5.74. The Morgan fingerprint density at radius 2 is 1.95 bits per heavy atom. The highest BCUT2D eigenvalue weighted by Crippen LogP contribution is 2.15. The summed E-state index contributed by atoms with van der Waals surface area (Å²) >= 11 is 7.08. The van der Waals surface area contributed by atoms with Crippen LogP contribution in [0.3, 0.4) is 0 Å². The van der Waals surface area contributed by atoms with Crippen LogP contribution in [0.5, 0.6) is 0 Å². The van der Waals surface area contributed by atoms with Crippen LogP contribution in [0.2, 0.25) is 5.02 Å². The number of rotatable bonds is 5. The van der Waals surface area contributed by atoms with Gasteiger partial charge in [-0.1, -0.05) is 29.9 Å². The van der Waals surface area contributed by atoms with Gasteiger partial charge in [-0.15, -0.1) is 10.2 Å². The molecule has 22 heavy (non-hydrogen) atoms. The summed E-state index contributed by atoms with van der Waals surface area (Å²) in [7, 11) is 0. The number of nitrogens with one attached hydrogen (secondary N) is 2. The molecule has 1 unspecified atom stereocenters. The molecule has 116 valence electrons. The predicted octanol–water partition coefficient (Wildman–Crippen LogP) is 2.51. The summed E-state index contributed by atoms with van der Waals surface area (Å²) in [5.74, 6) is -0.688. The van der Waals surface area contributed by atoms with Crippen LogP contribution in [0.15, 0.2) is 24.3 Å². The molecule has 0 saturated carbocycles. The van der Waals surface area contributed by atoms with Crippen LogP contribution < -0.4 is 10.6 Å². The molecule has 0 saturated heterocycles. The van der Waals surface area contributed by atoms with Crippen LogP contribution in [0.4, 0.5) is 5.13 Å². The van der Waals surface area contributed by atoms with Crippen molar-refractivity contribution in [1.82, 2.24) is 15.5 Å². The van der Waals surface area contributed by atoms with Crippen molar-refractivity contribution in [2.75, 3.05) is 5.32 Å². The molecule has 0 radical (unpaired) electrons. The van der Waals surface area contributed by atoms with Crippen LogP contribution in [-0.4, -0.2) is 28.1 Å². The van der Waals surface area contributed by atoms with Crippen molar-refractivity contribution < 1.29 is 9.59 Å². The van der Waals surface area contributed by atoms with E-state index in [1.807, 2.05) is 6.92 Å². The Morgan fingerprint density at radius 3 is 2.55 bits per heavy atom. The number of benzene rings is 1. The van der Waals surface area contributed by atoms with Gasteiger partial charge in [0.25, 0.3) is 5.91 Å². The summed E-state index contributed by atoms with van der Waals surface area (Å²) in [6.07, 6.45) is 0.760. The van der Waals surface area contributed by atoms with Gasteiger partial charge in [0, 0.05) is 10.6 Å². The van der Waals surface area contributed by atoms with Crippen LogP contribution in [0, 0.1) is 0 Å². The Labute approximate surface area is 136 Å². The summed E-state index contributed by atoms with van der Waals surface area (Å²) < 4.78 is 0. The SMILES string of the molecule is CCc1nnc(NC(=O)C(C)NC(=O)c2ccc(Cl)cc2)s1. The van der Waals surface area contributed by atoms with Crippen LogP contribution in [0.1, 0.15) is 29.2 Å². The molecule has 0 aliphatic heterocycles. The number of hydrogen-bond donors (Lipinski definition) is 2. The molecule has 0 aliphatic rings. The second-order valence-electron chi connectivity index (χ2n) is 4.55. The van der Waals surface area contributed by atoms with E-state index in [1.54, 1.807) is 31.2 Å². The fraction of sp³-hybridized carbons (Fsp3) is 0.286. The molecule has 2 aromatic rings. The van der Waals surface area contributed by atoms with E-state index in [4.69, 9.17) is 11.6 Å². The van der Waals surface area contributed by atoms with Crippen molar-refractivity contribution in [1.29, 1.82) is 0 Å². The summed E-state index contributed by atoms with van der Waals surface area (Å²) in [6.45, 7) is 3.56. The smallest absolute Gasteiger partial charge is 0.251 e. The second-order valence-corrected chi connectivity index (χ2v) is 6.04. The average Bonchev–Trinajstić information content (AvgIpc) is 2.95. The first kappa shape index (κ1) is 16.4. The maximum Gasteiger partial charge on any atom is 0.251 e. The maximum absolute atomic E-state index is 12.0. The lowest BCUT2D eigenvalue weighted by molar-refractivity contribution is -0.117. The van der Waals surface area contributed by atoms with E-state index in [2.05, 4.69) is 20.8 Å². The number of anilines is 1. The third-order valence-electron chi connectivity index (χ3n) is 2.85. The highest BCUT2D eigenvalue weighted by Gasteiger charge is 2.18. The maximum atomic E-state index is 12.0. The molecule has 2 amide bonds. The van der Waals surface area contributed by atoms with Crippen LogP contribution in [-0.2, 0) is 11.2 Å². The van der Waals surface area contributed by atoms with E-state index < -0.39 is 6.04 Å². The topological polar surface area (TPSA) is 84.0 Å². The molecule has 1 aromatic heterocycles. The fourth-order valence-corrected chi connectivity index (χ4v) is 2.42. The highest BCUT2D eigenvalue weighted by atomic mass is 35.5. The van der Waals surface area contributed by atoms with Gasteiger partial charge >= 0.3 is 0 Å². The van der Waals surface area contributed by atoms with Crippen molar-refractivity contribution in [3.8, 4) is 0 Å². The third-order valence-corrected chi connectivity index (χ3v) is 4.08. The first-order chi connectivity index (χ1) is 10.5. The largest absolute Gasteiger partial charge is 0.341 e. The molecule has 8 heteroatoms. The molecule has 2 rings (SSSR count). The number of carbonyl (C=O) groups excluding carboxylic acids is 2. The summed E-state index contributed by atoms with van der Waals surface area (Å²) in [4.78, 5) is 24.0. The van der Waals surface area contributed by atoms with Crippen LogP contribution in [0.25, 0.3) is 0 Å². The quantitative estimate of drug-likeness (QED) is 0.877. The van der Waals surface area contributed by atoms with E-state index >= 15 is 0 Å². The third kappa shape index (κ3) is 4.25. The zero-order chi connectivity index (χ0) is 16.1. The van der Waals surface area contributed by atoms with Crippen molar-refractivity contribution >= 4 is 39.9 Å². The Kier molecular flexibility index (Phi) is 5.46. The number of aromatic nitrogens is 2. The number of nitrogens with zero attached hydrogens (tertiary/aromatic N) is 2. The molecule has 2 N–H and O–H groups in total. The van der Waals surface area contributed by atoms with E-state index in [9.17, 15) is 9.59 Å². The Balaban J connectivity index is 1.93. The lowest BCUT2D eigenvalue weighted by Gasteiger charge is -2.12. The van der Waals surface area contributed by atoms with Crippen molar-refractivity contribution in [2.45, 2.75) is 26.3 Å². The molecule has 0 bridgehead atoms. The zero-order valence-corrected chi connectivity index (χ0v) is 13.7. The molecule has 1 aromatic carbocycles. The van der Waals surface area contributed by atoms with Gasteiger partial charge in [0.2, 0.25) is 11.0 Å². The monoisotopic (exact) mass is 338 g/mol. The standard InChI is InChI=1S/C14H15ClN4O2S/c1-3-11-18-19-14(22-11)17-12(20)8(2)16-13(21)9-4-6-10(15)7-5-9/h4-8H,3H2,1-2H3,(H,16,21)(H,17,19,20). The minimum Gasteiger partial charge on any atom is -0.341 e. The molecule has 1 atom stereocenters. The number of hydrogen-bond acceptors (Lipinski definition) is 5. The number of carbonyl (C=O) groups is 2. The normalized spacial score (nSPS) is 11.8. The molecule has 0 fully saturated rings. The van der Waals surface area contributed by atoms with Gasteiger partial charge in [-0.25, -0.2) is 0 Å². The van der Waals surface area contributed by atoms with Gasteiger partial charge in [-0.05, 0) is 37.6 Å². The highest BCUT2D eigenvalue weighted by molar-refractivity contribution is 7.15. The summed E-state index contributed by atoms with van der Waals surface area (Å²) in [5.41, 5.74) is 0.438. The summed E-state index contributed by atoms with van der Waals surface area (Å²) in [5, 5.41) is 14.8. The van der Waals surface area contributed by atoms with Gasteiger partial charge in [0.15, 0.2) is 0 Å². The lowest BCUT2D eigenvalue weighted by atomic mass is 10.2. The second kappa shape index (κ2) is 7.33. The Morgan fingerprint density at radius 1 is 1.27 bits per heavy atom. The van der Waals surface area contributed by atoms with E-state index in [0.29, 0.717) is 15.7 Å². The van der Waals surface area contributed by atoms with Crippen LogP contribution >= 0.6 is 22.9 Å². The van der Waals surface area contributed by atoms with Crippen molar-refractivity contribution in [3.63, 3.8) is 0 Å². The molecule has 0 aliphatic carbocycles. The molecule has 6 nitrogen and oxygen atoms in total. The number of amides is 2. The first-order valence-corrected chi connectivity index (χ1v) is 7.88. The fourth-order valence-electron chi connectivity index (χ4n) is 1.61. The average molecular weight is 339 g/mol. The van der Waals surface area contributed by atoms with Gasteiger partial charge in [-0.2, -0.15) is 0 Å². The molecule has 1 heterocycles. The van der Waals surface area contributed by atoms with Gasteiger partial charge < -0.3 is 5.32 Å². The van der Waals surface area contributed by atoms with Gasteiger partial charge in [-0.3, -0.25) is 14.9 Å². The van der Waals surface area contributed by atoms with Crippen molar-refractivity contribution in [3.05, 3.63) is 39.9 Å². The predicted molar refractivity (Wildman–Crippen MR) is 86.3 cm³/mol.